The summed E-state index contributed by atoms with van der Waals surface area (Å²) in [7, 11) is 0. The lowest BCUT2D eigenvalue weighted by Crippen LogP contribution is -2.27. The Kier molecular flexibility index (Phi) is 5.07. The van der Waals surface area contributed by atoms with Gasteiger partial charge in [-0.1, -0.05) is 55.0 Å². The Morgan fingerprint density at radius 3 is 2.18 bits per heavy atom. The van der Waals surface area contributed by atoms with E-state index in [1.807, 2.05) is 24.3 Å². The number of hydrogen-bond acceptors (Lipinski definition) is 3. The fourth-order valence-electron chi connectivity index (χ4n) is 4.15. The second-order valence-electron chi connectivity index (χ2n) is 7.79. The normalized spacial score (nSPS) is 16.1. The number of carboxylic acid groups (broad SMARTS) is 1. The van der Waals surface area contributed by atoms with Crippen LogP contribution >= 0.6 is 0 Å². The standard InChI is InChI=1S/C23H25NO4/c25-21(26)23(12-13-23)11-5-6-14-24-22(27)28-15-20-18-9-3-1-7-16(18)17-8-2-4-10-19(17)20/h1-4,7-10,20H,5-6,11-15H2,(H,24,27)(H,25,26). The number of carbonyl (C=O) groups excluding carboxylic acids is 1. The van der Waals surface area contributed by atoms with Crippen molar-refractivity contribution in [2.75, 3.05) is 13.2 Å². The molecule has 2 N–H and O–H groups in total. The topological polar surface area (TPSA) is 75.6 Å². The molecule has 4 rings (SSSR count). The summed E-state index contributed by atoms with van der Waals surface area (Å²) < 4.78 is 5.49. The molecule has 0 spiro atoms. The molecule has 146 valence electrons. The van der Waals surface area contributed by atoms with E-state index in [0.717, 1.165) is 25.7 Å². The molecule has 2 aromatic rings. The van der Waals surface area contributed by atoms with Crippen LogP contribution in [0.4, 0.5) is 4.79 Å². The highest BCUT2D eigenvalue weighted by molar-refractivity contribution is 5.79. The van der Waals surface area contributed by atoms with Gasteiger partial charge in [-0.05, 0) is 47.9 Å². The second-order valence-corrected chi connectivity index (χ2v) is 7.79. The average Bonchev–Trinajstić information content (AvgIpc) is 3.43. The number of benzene rings is 2. The van der Waals surface area contributed by atoms with Crippen LogP contribution in [0.5, 0.6) is 0 Å². The predicted octanol–water partition coefficient (Wildman–Crippen LogP) is 4.56. The van der Waals surface area contributed by atoms with Crippen molar-refractivity contribution < 1.29 is 19.4 Å². The van der Waals surface area contributed by atoms with Gasteiger partial charge in [0.1, 0.15) is 6.61 Å². The Balaban J connectivity index is 1.25. The van der Waals surface area contributed by atoms with Gasteiger partial charge in [-0.25, -0.2) is 4.79 Å². The number of carboxylic acids is 1. The van der Waals surface area contributed by atoms with Crippen molar-refractivity contribution >= 4 is 12.1 Å². The molecule has 0 radical (unpaired) electrons. The number of ether oxygens (including phenoxy) is 1. The van der Waals surface area contributed by atoms with Crippen LogP contribution in [0.2, 0.25) is 0 Å². The summed E-state index contributed by atoms with van der Waals surface area (Å²) in [4.78, 5) is 23.2. The van der Waals surface area contributed by atoms with Gasteiger partial charge in [0, 0.05) is 12.5 Å². The lowest BCUT2D eigenvalue weighted by atomic mass is 9.98. The van der Waals surface area contributed by atoms with E-state index in [0.29, 0.717) is 19.6 Å². The van der Waals surface area contributed by atoms with Gasteiger partial charge in [0.2, 0.25) is 0 Å². The van der Waals surface area contributed by atoms with E-state index in [-0.39, 0.29) is 5.92 Å². The minimum absolute atomic E-state index is 0.0587. The van der Waals surface area contributed by atoms with Crippen molar-refractivity contribution in [3.05, 3.63) is 59.7 Å². The third kappa shape index (κ3) is 3.61. The Morgan fingerprint density at radius 1 is 1.00 bits per heavy atom. The lowest BCUT2D eigenvalue weighted by Gasteiger charge is -2.14. The van der Waals surface area contributed by atoms with E-state index in [2.05, 4.69) is 29.6 Å². The van der Waals surface area contributed by atoms with Crippen LogP contribution < -0.4 is 5.32 Å². The molecule has 2 aromatic carbocycles. The molecule has 0 heterocycles. The average molecular weight is 379 g/mol. The van der Waals surface area contributed by atoms with Crippen LogP contribution in [0, 0.1) is 5.41 Å². The van der Waals surface area contributed by atoms with Crippen LogP contribution in [-0.2, 0) is 9.53 Å². The quantitative estimate of drug-likeness (QED) is 0.659. The first-order valence-corrected chi connectivity index (χ1v) is 9.93. The zero-order valence-electron chi connectivity index (χ0n) is 15.8. The van der Waals surface area contributed by atoms with Gasteiger partial charge >= 0.3 is 12.1 Å². The van der Waals surface area contributed by atoms with Crippen molar-refractivity contribution in [2.45, 2.75) is 38.0 Å². The molecule has 0 unspecified atom stereocenters. The van der Waals surface area contributed by atoms with Crippen LogP contribution in [0.1, 0.15) is 49.1 Å². The number of carbonyl (C=O) groups is 2. The summed E-state index contributed by atoms with van der Waals surface area (Å²) in [5, 5.41) is 12.0. The summed E-state index contributed by atoms with van der Waals surface area (Å²) in [6.07, 6.45) is 3.40. The highest BCUT2D eigenvalue weighted by atomic mass is 16.5. The minimum Gasteiger partial charge on any atom is -0.481 e. The SMILES string of the molecule is O=C(NCCCCC1(C(=O)O)CC1)OCC1c2ccccc2-c2ccccc21. The molecule has 1 amide bonds. The van der Waals surface area contributed by atoms with E-state index in [9.17, 15) is 14.7 Å². The van der Waals surface area contributed by atoms with E-state index in [4.69, 9.17) is 4.74 Å². The molecular formula is C23H25NO4. The van der Waals surface area contributed by atoms with Gasteiger partial charge in [-0.3, -0.25) is 4.79 Å². The highest BCUT2D eigenvalue weighted by Gasteiger charge is 2.49. The highest BCUT2D eigenvalue weighted by Crippen LogP contribution is 2.50. The number of alkyl carbamates (subject to hydrolysis) is 1. The number of amides is 1. The molecule has 0 bridgehead atoms. The Bertz CT molecular complexity index is 842. The van der Waals surface area contributed by atoms with E-state index in [1.165, 1.54) is 22.3 Å². The Hall–Kier alpha value is -2.82. The zero-order valence-corrected chi connectivity index (χ0v) is 15.8. The van der Waals surface area contributed by atoms with Crippen LogP contribution in [0.15, 0.2) is 48.5 Å². The summed E-state index contributed by atoms with van der Waals surface area (Å²) >= 11 is 0. The third-order valence-electron chi connectivity index (χ3n) is 6.00. The fourth-order valence-corrected chi connectivity index (χ4v) is 4.15. The molecule has 2 aliphatic rings. The predicted molar refractivity (Wildman–Crippen MR) is 106 cm³/mol. The van der Waals surface area contributed by atoms with Gasteiger partial charge in [0.05, 0.1) is 5.41 Å². The number of unbranched alkanes of at least 4 members (excludes halogenated alkanes) is 1. The maximum absolute atomic E-state index is 12.1. The van der Waals surface area contributed by atoms with Gasteiger partial charge in [-0.2, -0.15) is 0 Å². The first kappa shape index (κ1) is 18.5. The largest absolute Gasteiger partial charge is 0.481 e. The van der Waals surface area contributed by atoms with Gasteiger partial charge in [0.25, 0.3) is 0 Å². The molecule has 28 heavy (non-hydrogen) atoms. The molecule has 0 atom stereocenters. The van der Waals surface area contributed by atoms with E-state index < -0.39 is 17.5 Å². The fraction of sp³-hybridized carbons (Fsp3) is 0.391. The van der Waals surface area contributed by atoms with Crippen LogP contribution in [-0.4, -0.2) is 30.3 Å². The first-order chi connectivity index (χ1) is 13.6. The molecule has 5 heteroatoms. The van der Waals surface area contributed by atoms with Crippen molar-refractivity contribution in [1.82, 2.24) is 5.32 Å². The van der Waals surface area contributed by atoms with Gasteiger partial charge < -0.3 is 15.2 Å². The first-order valence-electron chi connectivity index (χ1n) is 9.93. The molecule has 0 saturated heterocycles. The lowest BCUT2D eigenvalue weighted by molar-refractivity contribution is -0.143. The molecule has 1 fully saturated rings. The smallest absolute Gasteiger partial charge is 0.407 e. The minimum atomic E-state index is -0.683. The molecule has 0 aliphatic heterocycles. The van der Waals surface area contributed by atoms with Crippen molar-refractivity contribution in [3.63, 3.8) is 0 Å². The van der Waals surface area contributed by atoms with E-state index >= 15 is 0 Å². The number of aliphatic carboxylic acids is 1. The van der Waals surface area contributed by atoms with Crippen molar-refractivity contribution in [1.29, 1.82) is 0 Å². The molecule has 2 aliphatic carbocycles. The second kappa shape index (κ2) is 7.66. The van der Waals surface area contributed by atoms with Gasteiger partial charge in [0.15, 0.2) is 0 Å². The molecular weight excluding hydrogens is 354 g/mol. The van der Waals surface area contributed by atoms with Crippen LogP contribution in [0.25, 0.3) is 11.1 Å². The molecule has 0 aromatic heterocycles. The number of hydrogen-bond donors (Lipinski definition) is 2. The summed E-state index contributed by atoms with van der Waals surface area (Å²) in [6.45, 7) is 0.814. The monoisotopic (exact) mass is 379 g/mol. The Morgan fingerprint density at radius 2 is 1.61 bits per heavy atom. The maximum atomic E-state index is 12.1. The number of fused-ring (bicyclic) bond motifs is 3. The van der Waals surface area contributed by atoms with Crippen LogP contribution in [0.3, 0.4) is 0 Å². The molecule has 5 nitrogen and oxygen atoms in total. The summed E-state index contributed by atoms with van der Waals surface area (Å²) in [5.74, 6) is -0.625. The van der Waals surface area contributed by atoms with E-state index in [1.54, 1.807) is 0 Å². The third-order valence-corrected chi connectivity index (χ3v) is 6.00. The van der Waals surface area contributed by atoms with Gasteiger partial charge in [-0.15, -0.1) is 0 Å². The van der Waals surface area contributed by atoms with Crippen molar-refractivity contribution in [3.8, 4) is 11.1 Å². The summed E-state index contributed by atoms with van der Waals surface area (Å²) in [5.41, 5.74) is 4.32. The number of rotatable bonds is 8. The maximum Gasteiger partial charge on any atom is 0.407 e. The number of nitrogens with one attached hydrogen (secondary N) is 1. The molecule has 1 saturated carbocycles. The van der Waals surface area contributed by atoms with Crippen molar-refractivity contribution in [2.24, 2.45) is 5.41 Å². The summed E-state index contributed by atoms with van der Waals surface area (Å²) in [6, 6.07) is 16.5. The Labute approximate surface area is 164 Å². The zero-order chi connectivity index (χ0) is 19.6.